The van der Waals surface area contributed by atoms with Gasteiger partial charge in [-0.3, -0.25) is 4.68 Å². The zero-order valence-electron chi connectivity index (χ0n) is 14.3. The summed E-state index contributed by atoms with van der Waals surface area (Å²) in [6.45, 7) is 10.8. The van der Waals surface area contributed by atoms with E-state index in [9.17, 15) is 5.11 Å². The van der Waals surface area contributed by atoms with Gasteiger partial charge in [0.25, 0.3) is 0 Å². The molecule has 0 spiro atoms. The number of aryl methyl sites for hydroxylation is 3. The van der Waals surface area contributed by atoms with E-state index >= 15 is 0 Å². The average molecular weight is 295 g/mol. The van der Waals surface area contributed by atoms with Crippen molar-refractivity contribution in [2.75, 3.05) is 13.2 Å². The molecule has 1 atom stereocenters. The highest BCUT2D eigenvalue weighted by molar-refractivity contribution is 5.10. The topological polar surface area (TPSA) is 50.1 Å². The van der Waals surface area contributed by atoms with Gasteiger partial charge in [-0.15, -0.1) is 0 Å². The number of aliphatic hydroxyl groups is 1. The molecule has 0 amide bonds. The van der Waals surface area contributed by atoms with Gasteiger partial charge in [0.2, 0.25) is 0 Å². The van der Waals surface area contributed by atoms with Crippen LogP contribution in [0.15, 0.2) is 6.07 Å². The third kappa shape index (κ3) is 5.79. The summed E-state index contributed by atoms with van der Waals surface area (Å²) < 4.78 is 2.16. The van der Waals surface area contributed by atoms with Crippen molar-refractivity contribution in [1.29, 1.82) is 0 Å². The first-order valence-corrected chi connectivity index (χ1v) is 8.50. The first kappa shape index (κ1) is 18.2. The Morgan fingerprint density at radius 1 is 1.24 bits per heavy atom. The summed E-state index contributed by atoms with van der Waals surface area (Å²) in [4.78, 5) is 0. The van der Waals surface area contributed by atoms with Crippen LogP contribution in [0.2, 0.25) is 0 Å². The smallest absolute Gasteiger partial charge is 0.0624 e. The first-order valence-electron chi connectivity index (χ1n) is 8.50. The van der Waals surface area contributed by atoms with Crippen LogP contribution in [0, 0.1) is 0 Å². The Hall–Kier alpha value is -0.870. The second-order valence-corrected chi connectivity index (χ2v) is 6.16. The molecular weight excluding hydrogens is 262 g/mol. The van der Waals surface area contributed by atoms with Gasteiger partial charge in [-0.2, -0.15) is 5.10 Å². The molecule has 0 aliphatic carbocycles. The molecule has 0 saturated carbocycles. The van der Waals surface area contributed by atoms with E-state index in [0.29, 0.717) is 0 Å². The summed E-state index contributed by atoms with van der Waals surface area (Å²) in [5.74, 6) is 0. The lowest BCUT2D eigenvalue weighted by Crippen LogP contribution is -2.46. The van der Waals surface area contributed by atoms with E-state index in [1.165, 1.54) is 11.4 Å². The van der Waals surface area contributed by atoms with Crippen molar-refractivity contribution < 1.29 is 5.11 Å². The maximum atomic E-state index is 9.57. The number of hydrogen-bond acceptors (Lipinski definition) is 3. The van der Waals surface area contributed by atoms with Gasteiger partial charge >= 0.3 is 0 Å². The fraction of sp³-hybridized carbons (Fsp3) is 0.824. The molecule has 2 N–H and O–H groups in total. The molecule has 122 valence electrons. The van der Waals surface area contributed by atoms with Crippen molar-refractivity contribution in [3.63, 3.8) is 0 Å². The molecule has 4 nitrogen and oxygen atoms in total. The fourth-order valence-electron chi connectivity index (χ4n) is 2.59. The van der Waals surface area contributed by atoms with E-state index in [4.69, 9.17) is 0 Å². The molecule has 1 rings (SSSR count). The first-order chi connectivity index (χ1) is 10.1. The molecule has 1 unspecified atom stereocenters. The lowest BCUT2D eigenvalue weighted by atomic mass is 9.95. The van der Waals surface area contributed by atoms with Crippen LogP contribution in [0.3, 0.4) is 0 Å². The SMILES string of the molecule is CCCNC(C)(CO)CCCCn1nc(CC)cc1CC. The van der Waals surface area contributed by atoms with Crippen LogP contribution in [-0.4, -0.2) is 33.6 Å². The van der Waals surface area contributed by atoms with Crippen molar-refractivity contribution in [3.8, 4) is 0 Å². The number of aliphatic hydroxyl groups excluding tert-OH is 1. The number of aromatic nitrogens is 2. The number of hydrogen-bond donors (Lipinski definition) is 2. The predicted octanol–water partition coefficient (Wildman–Crippen LogP) is 2.93. The zero-order valence-corrected chi connectivity index (χ0v) is 14.3. The summed E-state index contributed by atoms with van der Waals surface area (Å²) in [6, 6.07) is 2.22. The van der Waals surface area contributed by atoms with Crippen LogP contribution in [0.4, 0.5) is 0 Å². The van der Waals surface area contributed by atoms with E-state index in [1.54, 1.807) is 0 Å². The number of rotatable bonds is 11. The highest BCUT2D eigenvalue weighted by Crippen LogP contribution is 2.15. The molecule has 4 heteroatoms. The Kier molecular flexibility index (Phi) is 7.97. The van der Waals surface area contributed by atoms with Gasteiger partial charge in [0.1, 0.15) is 0 Å². The lowest BCUT2D eigenvalue weighted by molar-refractivity contribution is 0.162. The van der Waals surface area contributed by atoms with Crippen LogP contribution >= 0.6 is 0 Å². The Bertz CT molecular complexity index is 403. The Balaban J connectivity index is 2.40. The fourth-order valence-corrected chi connectivity index (χ4v) is 2.59. The predicted molar refractivity (Wildman–Crippen MR) is 88.6 cm³/mol. The van der Waals surface area contributed by atoms with Crippen LogP contribution in [-0.2, 0) is 19.4 Å². The summed E-state index contributed by atoms with van der Waals surface area (Å²) in [7, 11) is 0. The minimum absolute atomic E-state index is 0.137. The Morgan fingerprint density at radius 3 is 2.57 bits per heavy atom. The molecule has 0 bridgehead atoms. The second-order valence-electron chi connectivity index (χ2n) is 6.16. The van der Waals surface area contributed by atoms with Crippen molar-refractivity contribution in [3.05, 3.63) is 17.5 Å². The van der Waals surface area contributed by atoms with Gasteiger partial charge in [0.15, 0.2) is 0 Å². The highest BCUT2D eigenvalue weighted by atomic mass is 16.3. The normalized spacial score (nSPS) is 14.3. The maximum absolute atomic E-state index is 9.57. The van der Waals surface area contributed by atoms with E-state index in [1.807, 2.05) is 0 Å². The molecular formula is C17H33N3O. The van der Waals surface area contributed by atoms with Crippen molar-refractivity contribution in [2.45, 2.75) is 78.3 Å². The highest BCUT2D eigenvalue weighted by Gasteiger charge is 2.21. The van der Waals surface area contributed by atoms with Crippen LogP contribution in [0.25, 0.3) is 0 Å². The van der Waals surface area contributed by atoms with Gasteiger partial charge in [0.05, 0.1) is 12.3 Å². The van der Waals surface area contributed by atoms with E-state index < -0.39 is 0 Å². The minimum Gasteiger partial charge on any atom is -0.394 e. The summed E-state index contributed by atoms with van der Waals surface area (Å²) in [5.41, 5.74) is 2.39. The zero-order chi connectivity index (χ0) is 15.7. The van der Waals surface area contributed by atoms with Crippen LogP contribution < -0.4 is 5.32 Å². The number of nitrogens with one attached hydrogen (secondary N) is 1. The monoisotopic (exact) mass is 295 g/mol. The number of unbranched alkanes of at least 4 members (excludes halogenated alkanes) is 1. The quantitative estimate of drug-likeness (QED) is 0.617. The van der Waals surface area contributed by atoms with Gasteiger partial charge in [0, 0.05) is 17.8 Å². The maximum Gasteiger partial charge on any atom is 0.0624 e. The molecule has 0 aromatic carbocycles. The second kappa shape index (κ2) is 9.21. The summed E-state index contributed by atoms with van der Waals surface area (Å²) in [5, 5.41) is 17.7. The third-order valence-electron chi connectivity index (χ3n) is 4.14. The largest absolute Gasteiger partial charge is 0.394 e. The average Bonchev–Trinajstić information content (AvgIpc) is 2.92. The van der Waals surface area contributed by atoms with Gasteiger partial charge in [-0.25, -0.2) is 0 Å². The molecule has 1 aromatic rings. The molecule has 0 aliphatic heterocycles. The molecule has 0 saturated heterocycles. The summed E-state index contributed by atoms with van der Waals surface area (Å²) in [6.07, 6.45) is 6.37. The Labute approximate surface area is 129 Å². The molecule has 21 heavy (non-hydrogen) atoms. The van der Waals surface area contributed by atoms with Gasteiger partial charge in [-0.05, 0) is 58.1 Å². The lowest BCUT2D eigenvalue weighted by Gasteiger charge is -2.28. The van der Waals surface area contributed by atoms with Crippen molar-refractivity contribution >= 4 is 0 Å². The van der Waals surface area contributed by atoms with Crippen molar-refractivity contribution in [1.82, 2.24) is 15.1 Å². The summed E-state index contributed by atoms with van der Waals surface area (Å²) >= 11 is 0. The van der Waals surface area contributed by atoms with Gasteiger partial charge < -0.3 is 10.4 Å². The molecule has 0 aliphatic rings. The van der Waals surface area contributed by atoms with Crippen LogP contribution in [0.1, 0.15) is 64.8 Å². The van der Waals surface area contributed by atoms with Gasteiger partial charge in [-0.1, -0.05) is 20.8 Å². The molecule has 1 heterocycles. The minimum atomic E-state index is -0.137. The van der Waals surface area contributed by atoms with E-state index in [2.05, 4.69) is 48.9 Å². The number of nitrogens with zero attached hydrogens (tertiary/aromatic N) is 2. The Morgan fingerprint density at radius 2 is 2.00 bits per heavy atom. The van der Waals surface area contributed by atoms with E-state index in [-0.39, 0.29) is 12.1 Å². The van der Waals surface area contributed by atoms with Crippen molar-refractivity contribution in [2.24, 2.45) is 0 Å². The molecule has 0 fully saturated rings. The molecule has 0 radical (unpaired) electrons. The third-order valence-corrected chi connectivity index (χ3v) is 4.14. The van der Waals surface area contributed by atoms with Crippen LogP contribution in [0.5, 0.6) is 0 Å². The molecule has 1 aromatic heterocycles. The van der Waals surface area contributed by atoms with E-state index in [0.717, 1.165) is 51.6 Å². The standard InChI is InChI=1S/C17H33N3O/c1-5-11-18-17(4,14-21)10-8-9-12-20-16(7-3)13-15(6-2)19-20/h13,18,21H,5-12,14H2,1-4H3.